The normalized spacial score (nSPS) is 15.0. The average molecular weight is 505 g/mol. The Morgan fingerprint density at radius 1 is 1.21 bits per heavy atom. The molecule has 0 bridgehead atoms. The molecular formula is C21H36IN3O3. The minimum atomic E-state index is 0. The summed E-state index contributed by atoms with van der Waals surface area (Å²) in [7, 11) is 3.51. The number of aryl methyl sites for hydroxylation is 1. The Morgan fingerprint density at radius 3 is 2.68 bits per heavy atom. The molecule has 0 spiro atoms. The van der Waals surface area contributed by atoms with Crippen molar-refractivity contribution in [1.82, 2.24) is 10.6 Å². The molecule has 28 heavy (non-hydrogen) atoms. The smallest absolute Gasteiger partial charge is 0.190 e. The Balaban J connectivity index is 0.00000392. The van der Waals surface area contributed by atoms with E-state index in [4.69, 9.17) is 14.2 Å². The van der Waals surface area contributed by atoms with E-state index < -0.39 is 0 Å². The van der Waals surface area contributed by atoms with Gasteiger partial charge < -0.3 is 24.8 Å². The maximum Gasteiger partial charge on any atom is 0.190 e. The van der Waals surface area contributed by atoms with Gasteiger partial charge in [-0.05, 0) is 50.2 Å². The lowest BCUT2D eigenvalue weighted by Crippen LogP contribution is -2.39. The van der Waals surface area contributed by atoms with Crippen molar-refractivity contribution in [2.45, 2.75) is 32.6 Å². The zero-order valence-corrected chi connectivity index (χ0v) is 19.8. The molecule has 0 amide bonds. The highest BCUT2D eigenvalue weighted by atomic mass is 127. The second kappa shape index (κ2) is 14.9. The summed E-state index contributed by atoms with van der Waals surface area (Å²) in [4.78, 5) is 4.28. The first-order chi connectivity index (χ1) is 13.2. The Kier molecular flexibility index (Phi) is 13.3. The van der Waals surface area contributed by atoms with Crippen molar-refractivity contribution < 1.29 is 14.2 Å². The number of nitrogens with zero attached hydrogens (tertiary/aromatic N) is 1. The average Bonchev–Trinajstić information content (AvgIpc) is 2.70. The number of benzene rings is 1. The van der Waals surface area contributed by atoms with Gasteiger partial charge in [-0.15, -0.1) is 24.0 Å². The molecule has 0 radical (unpaired) electrons. The molecule has 0 aromatic heterocycles. The van der Waals surface area contributed by atoms with Crippen molar-refractivity contribution in [3.8, 4) is 5.75 Å². The maximum atomic E-state index is 5.79. The summed E-state index contributed by atoms with van der Waals surface area (Å²) in [5, 5.41) is 6.70. The van der Waals surface area contributed by atoms with Crippen molar-refractivity contribution in [2.75, 3.05) is 53.7 Å². The molecule has 0 saturated carbocycles. The third-order valence-corrected chi connectivity index (χ3v) is 4.80. The quantitative estimate of drug-likeness (QED) is 0.222. The van der Waals surface area contributed by atoms with E-state index in [-0.39, 0.29) is 24.0 Å². The molecule has 1 saturated heterocycles. The molecule has 0 unspecified atom stereocenters. The van der Waals surface area contributed by atoms with E-state index in [1.54, 1.807) is 14.2 Å². The van der Waals surface area contributed by atoms with Crippen LogP contribution in [-0.4, -0.2) is 59.6 Å². The lowest BCUT2D eigenvalue weighted by molar-refractivity contribution is 0.0203. The number of methoxy groups -OCH3 is 1. The molecule has 1 aromatic rings. The lowest BCUT2D eigenvalue weighted by atomic mass is 10.0. The van der Waals surface area contributed by atoms with Crippen LogP contribution in [0.15, 0.2) is 23.2 Å². The molecule has 6 nitrogen and oxygen atoms in total. The van der Waals surface area contributed by atoms with Crippen molar-refractivity contribution in [3.05, 3.63) is 29.3 Å². The predicted molar refractivity (Wildman–Crippen MR) is 125 cm³/mol. The molecule has 0 aliphatic carbocycles. The minimum absolute atomic E-state index is 0. The third kappa shape index (κ3) is 9.43. The van der Waals surface area contributed by atoms with Gasteiger partial charge in [0.1, 0.15) is 5.75 Å². The van der Waals surface area contributed by atoms with Crippen molar-refractivity contribution in [1.29, 1.82) is 0 Å². The summed E-state index contributed by atoms with van der Waals surface area (Å²) in [5.74, 6) is 2.43. The first-order valence-electron chi connectivity index (χ1n) is 9.96. The van der Waals surface area contributed by atoms with Gasteiger partial charge in [0.15, 0.2) is 5.96 Å². The van der Waals surface area contributed by atoms with Crippen LogP contribution >= 0.6 is 24.0 Å². The Hall–Kier alpha value is -1.06. The number of nitrogens with one attached hydrogen (secondary N) is 2. The molecule has 1 heterocycles. The van der Waals surface area contributed by atoms with E-state index >= 15 is 0 Å². The van der Waals surface area contributed by atoms with Gasteiger partial charge in [-0.25, -0.2) is 0 Å². The predicted octanol–water partition coefficient (Wildman–Crippen LogP) is 3.16. The van der Waals surface area contributed by atoms with E-state index in [1.165, 1.54) is 11.1 Å². The fourth-order valence-corrected chi connectivity index (χ4v) is 3.18. The first-order valence-corrected chi connectivity index (χ1v) is 9.96. The van der Waals surface area contributed by atoms with E-state index in [0.717, 1.165) is 76.9 Å². The largest absolute Gasteiger partial charge is 0.496 e. The van der Waals surface area contributed by atoms with Crippen LogP contribution in [0.2, 0.25) is 0 Å². The Labute approximate surface area is 186 Å². The van der Waals surface area contributed by atoms with Gasteiger partial charge in [0.25, 0.3) is 0 Å². The highest BCUT2D eigenvalue weighted by Crippen LogP contribution is 2.19. The molecule has 2 N–H and O–H groups in total. The number of hydrogen-bond donors (Lipinski definition) is 2. The SMILES string of the molecule is CN=C(NCCCOCC1CCOCC1)NCCc1cc(C)ccc1OC.I. The summed E-state index contributed by atoms with van der Waals surface area (Å²) in [5.41, 5.74) is 2.45. The van der Waals surface area contributed by atoms with Crippen LogP contribution in [0.3, 0.4) is 0 Å². The fraction of sp³-hybridized carbons (Fsp3) is 0.667. The van der Waals surface area contributed by atoms with E-state index in [2.05, 4.69) is 34.7 Å². The van der Waals surface area contributed by atoms with E-state index in [1.807, 2.05) is 6.07 Å². The van der Waals surface area contributed by atoms with Crippen molar-refractivity contribution >= 4 is 29.9 Å². The van der Waals surface area contributed by atoms with Gasteiger partial charge in [-0.2, -0.15) is 0 Å². The summed E-state index contributed by atoms with van der Waals surface area (Å²) in [6.07, 6.45) is 4.11. The van der Waals surface area contributed by atoms with Crippen LogP contribution in [0, 0.1) is 12.8 Å². The highest BCUT2D eigenvalue weighted by molar-refractivity contribution is 14.0. The summed E-state index contributed by atoms with van der Waals surface area (Å²) >= 11 is 0. The van der Waals surface area contributed by atoms with Crippen LogP contribution in [0.5, 0.6) is 5.75 Å². The highest BCUT2D eigenvalue weighted by Gasteiger charge is 2.13. The molecule has 2 rings (SSSR count). The van der Waals surface area contributed by atoms with Crippen molar-refractivity contribution in [2.24, 2.45) is 10.9 Å². The molecule has 1 aliphatic rings. The van der Waals surface area contributed by atoms with E-state index in [9.17, 15) is 0 Å². The molecule has 0 atom stereocenters. The molecule has 1 fully saturated rings. The van der Waals surface area contributed by atoms with Crippen LogP contribution in [0.25, 0.3) is 0 Å². The number of guanidine groups is 1. The summed E-state index contributed by atoms with van der Waals surface area (Å²) in [6, 6.07) is 6.27. The number of aliphatic imine (C=N–C) groups is 1. The lowest BCUT2D eigenvalue weighted by Gasteiger charge is -2.21. The Morgan fingerprint density at radius 2 is 1.96 bits per heavy atom. The van der Waals surface area contributed by atoms with Crippen LogP contribution in [0.1, 0.15) is 30.4 Å². The van der Waals surface area contributed by atoms with Gasteiger partial charge >= 0.3 is 0 Å². The molecule has 7 heteroatoms. The van der Waals surface area contributed by atoms with Gasteiger partial charge in [0, 0.05) is 46.6 Å². The number of ether oxygens (including phenoxy) is 3. The van der Waals surface area contributed by atoms with Gasteiger partial charge in [-0.3, -0.25) is 4.99 Å². The fourth-order valence-electron chi connectivity index (χ4n) is 3.18. The molecule has 1 aromatic carbocycles. The van der Waals surface area contributed by atoms with Gasteiger partial charge in [-0.1, -0.05) is 17.7 Å². The number of rotatable bonds is 10. The molecular weight excluding hydrogens is 469 g/mol. The minimum Gasteiger partial charge on any atom is -0.496 e. The Bertz CT molecular complexity index is 578. The zero-order chi connectivity index (χ0) is 19.3. The second-order valence-electron chi connectivity index (χ2n) is 6.98. The third-order valence-electron chi connectivity index (χ3n) is 4.80. The summed E-state index contributed by atoms with van der Waals surface area (Å²) in [6.45, 7) is 7.15. The number of hydrogen-bond acceptors (Lipinski definition) is 4. The van der Waals surface area contributed by atoms with Crippen molar-refractivity contribution in [3.63, 3.8) is 0 Å². The molecule has 160 valence electrons. The topological polar surface area (TPSA) is 64.1 Å². The van der Waals surface area contributed by atoms with E-state index in [0.29, 0.717) is 5.92 Å². The standard InChI is InChI=1S/C21H35N3O3.HI/c1-17-5-6-20(25-3)19(15-17)7-11-24-21(22-2)23-10-4-12-27-16-18-8-13-26-14-9-18;/h5-6,15,18H,4,7-14,16H2,1-3H3,(H2,22,23,24);1H. The zero-order valence-electron chi connectivity index (χ0n) is 17.5. The number of halogens is 1. The maximum absolute atomic E-state index is 5.79. The van der Waals surface area contributed by atoms with Crippen LogP contribution in [-0.2, 0) is 15.9 Å². The first kappa shape index (κ1) is 25.0. The van der Waals surface area contributed by atoms with Crippen LogP contribution < -0.4 is 15.4 Å². The van der Waals surface area contributed by atoms with Gasteiger partial charge in [0.2, 0.25) is 0 Å². The molecule has 1 aliphatic heterocycles. The van der Waals surface area contributed by atoms with Crippen LogP contribution in [0.4, 0.5) is 0 Å². The monoisotopic (exact) mass is 505 g/mol. The summed E-state index contributed by atoms with van der Waals surface area (Å²) < 4.78 is 16.6. The second-order valence-corrected chi connectivity index (χ2v) is 6.98. The van der Waals surface area contributed by atoms with Gasteiger partial charge in [0.05, 0.1) is 7.11 Å².